The molecule has 2 aromatic heterocycles. The first-order valence-electron chi connectivity index (χ1n) is 4.41. The Kier molecular flexibility index (Phi) is 1.55. The quantitative estimate of drug-likeness (QED) is 0.735. The van der Waals surface area contributed by atoms with Gasteiger partial charge in [-0.25, -0.2) is 0 Å². The van der Waals surface area contributed by atoms with Crippen LogP contribution in [0, 0.1) is 0 Å². The van der Waals surface area contributed by atoms with Gasteiger partial charge in [-0.1, -0.05) is 0 Å². The maximum absolute atomic E-state index is 5.67. The molecule has 0 unspecified atom stereocenters. The van der Waals surface area contributed by atoms with Gasteiger partial charge in [0.15, 0.2) is 5.82 Å². The van der Waals surface area contributed by atoms with Crippen LogP contribution in [0.1, 0.15) is 0 Å². The van der Waals surface area contributed by atoms with Crippen LogP contribution in [0.15, 0.2) is 24.5 Å². The molecule has 1 aliphatic rings. The molecule has 1 aliphatic heterocycles. The Bertz CT molecular complexity index is 494. The second-order valence-electron chi connectivity index (χ2n) is 3.05. The lowest BCUT2D eigenvalue weighted by Gasteiger charge is -2.02. The van der Waals surface area contributed by atoms with Gasteiger partial charge in [0.05, 0.1) is 11.9 Å². The maximum atomic E-state index is 5.67. The molecule has 6 heteroatoms. The van der Waals surface area contributed by atoms with Gasteiger partial charge < -0.3 is 15.2 Å². The van der Waals surface area contributed by atoms with Crippen molar-refractivity contribution >= 4 is 5.82 Å². The fourth-order valence-corrected chi connectivity index (χ4v) is 1.46. The Balaban J connectivity index is 2.18. The molecule has 76 valence electrons. The van der Waals surface area contributed by atoms with E-state index in [4.69, 9.17) is 15.2 Å². The molecule has 0 bridgehead atoms. The highest BCUT2D eigenvalue weighted by Gasteiger charge is 2.25. The van der Waals surface area contributed by atoms with Crippen LogP contribution >= 0.6 is 0 Å². The molecular weight excluding hydrogens is 196 g/mol. The van der Waals surface area contributed by atoms with E-state index in [-0.39, 0.29) is 6.79 Å². The summed E-state index contributed by atoms with van der Waals surface area (Å²) in [6.07, 6.45) is 3.36. The lowest BCUT2D eigenvalue weighted by atomic mass is 10.4. The zero-order chi connectivity index (χ0) is 10.3. The van der Waals surface area contributed by atoms with Crippen LogP contribution in [0.4, 0.5) is 5.82 Å². The first-order chi connectivity index (χ1) is 7.36. The number of rotatable bonds is 1. The van der Waals surface area contributed by atoms with E-state index in [1.54, 1.807) is 17.1 Å². The molecule has 0 fully saturated rings. The molecule has 2 aromatic rings. The Morgan fingerprint density at radius 1 is 1.40 bits per heavy atom. The molecule has 0 aliphatic carbocycles. The van der Waals surface area contributed by atoms with E-state index in [9.17, 15) is 0 Å². The molecular formula is C9H8N4O2. The number of aromatic nitrogens is 3. The number of nitrogen functional groups attached to an aromatic ring is 1. The molecule has 6 nitrogen and oxygen atoms in total. The molecule has 0 amide bonds. The first-order valence-corrected chi connectivity index (χ1v) is 4.41. The van der Waals surface area contributed by atoms with Crippen molar-refractivity contribution in [3.8, 4) is 17.3 Å². The summed E-state index contributed by atoms with van der Waals surface area (Å²) in [5, 5.41) is 4.11. The van der Waals surface area contributed by atoms with E-state index in [0.29, 0.717) is 17.4 Å². The van der Waals surface area contributed by atoms with Crippen LogP contribution in [-0.4, -0.2) is 21.6 Å². The predicted octanol–water partition coefficient (Wildman–Crippen LogP) is 0.578. The van der Waals surface area contributed by atoms with Crippen molar-refractivity contribution in [2.24, 2.45) is 0 Å². The fourth-order valence-electron chi connectivity index (χ4n) is 1.46. The van der Waals surface area contributed by atoms with Gasteiger partial charge in [0.25, 0.3) is 5.88 Å². The van der Waals surface area contributed by atoms with Crippen molar-refractivity contribution in [1.82, 2.24) is 14.8 Å². The molecule has 3 heterocycles. The smallest absolute Gasteiger partial charge is 0.266 e. The van der Waals surface area contributed by atoms with Gasteiger partial charge in [-0.05, 0) is 12.1 Å². The normalized spacial score (nSPS) is 13.1. The summed E-state index contributed by atoms with van der Waals surface area (Å²) in [5.41, 5.74) is 6.46. The van der Waals surface area contributed by atoms with Crippen molar-refractivity contribution in [1.29, 1.82) is 0 Å². The summed E-state index contributed by atoms with van der Waals surface area (Å²) < 4.78 is 12.0. The highest BCUT2D eigenvalue weighted by molar-refractivity contribution is 5.57. The maximum Gasteiger partial charge on any atom is 0.266 e. The Morgan fingerprint density at radius 2 is 2.33 bits per heavy atom. The number of ether oxygens (including phenoxy) is 2. The lowest BCUT2D eigenvalue weighted by Crippen LogP contribution is -2.04. The minimum atomic E-state index is 0.178. The van der Waals surface area contributed by atoms with E-state index < -0.39 is 0 Å². The molecule has 2 N–H and O–H groups in total. The summed E-state index contributed by atoms with van der Waals surface area (Å²) in [6, 6.07) is 3.68. The third-order valence-electron chi connectivity index (χ3n) is 2.12. The third-order valence-corrected chi connectivity index (χ3v) is 2.12. The summed E-state index contributed by atoms with van der Waals surface area (Å²) in [7, 11) is 0. The number of fused-ring (bicyclic) bond motifs is 1. The van der Waals surface area contributed by atoms with Crippen molar-refractivity contribution in [3.63, 3.8) is 0 Å². The summed E-state index contributed by atoms with van der Waals surface area (Å²) in [4.78, 5) is 4.00. The van der Waals surface area contributed by atoms with Gasteiger partial charge in [0, 0.05) is 6.20 Å². The van der Waals surface area contributed by atoms with Crippen LogP contribution in [0.25, 0.3) is 5.69 Å². The monoisotopic (exact) mass is 204 g/mol. The van der Waals surface area contributed by atoms with Gasteiger partial charge in [0.1, 0.15) is 0 Å². The highest BCUT2D eigenvalue weighted by atomic mass is 16.7. The van der Waals surface area contributed by atoms with Gasteiger partial charge in [-0.2, -0.15) is 4.68 Å². The van der Waals surface area contributed by atoms with Crippen LogP contribution in [-0.2, 0) is 0 Å². The van der Waals surface area contributed by atoms with Crippen LogP contribution in [0.5, 0.6) is 11.6 Å². The van der Waals surface area contributed by atoms with Gasteiger partial charge in [-0.3, -0.25) is 4.98 Å². The molecule has 3 rings (SSSR count). The number of nitrogens with two attached hydrogens (primary N) is 1. The summed E-state index contributed by atoms with van der Waals surface area (Å²) in [5.74, 6) is 1.35. The van der Waals surface area contributed by atoms with Crippen molar-refractivity contribution in [3.05, 3.63) is 24.5 Å². The highest BCUT2D eigenvalue weighted by Crippen LogP contribution is 2.38. The summed E-state index contributed by atoms with van der Waals surface area (Å²) in [6.45, 7) is 0.178. The van der Waals surface area contributed by atoms with Crippen LogP contribution < -0.4 is 15.2 Å². The van der Waals surface area contributed by atoms with Crippen molar-refractivity contribution in [2.45, 2.75) is 0 Å². The number of anilines is 1. The van der Waals surface area contributed by atoms with Gasteiger partial charge >= 0.3 is 0 Å². The van der Waals surface area contributed by atoms with E-state index in [1.165, 1.54) is 0 Å². The molecule has 0 saturated carbocycles. The predicted molar refractivity (Wildman–Crippen MR) is 51.9 cm³/mol. The molecule has 0 aromatic carbocycles. The minimum Gasteiger partial charge on any atom is -0.448 e. The molecule has 0 radical (unpaired) electrons. The zero-order valence-corrected chi connectivity index (χ0v) is 7.75. The van der Waals surface area contributed by atoms with Gasteiger partial charge in [-0.15, -0.1) is 5.10 Å². The van der Waals surface area contributed by atoms with E-state index in [1.807, 2.05) is 12.1 Å². The lowest BCUT2D eigenvalue weighted by molar-refractivity contribution is 0.166. The van der Waals surface area contributed by atoms with Crippen molar-refractivity contribution in [2.75, 3.05) is 12.5 Å². The number of nitrogens with zero attached hydrogens (tertiary/aromatic N) is 3. The number of hydrogen-bond donors (Lipinski definition) is 1. The third kappa shape index (κ3) is 1.11. The number of pyridine rings is 1. The average molecular weight is 204 g/mol. The first kappa shape index (κ1) is 8.10. The zero-order valence-electron chi connectivity index (χ0n) is 7.75. The molecule has 15 heavy (non-hydrogen) atoms. The second kappa shape index (κ2) is 2.88. The molecule has 0 atom stereocenters. The molecule has 0 saturated heterocycles. The largest absolute Gasteiger partial charge is 0.448 e. The second-order valence-corrected chi connectivity index (χ2v) is 3.05. The van der Waals surface area contributed by atoms with E-state index in [0.717, 1.165) is 5.69 Å². The van der Waals surface area contributed by atoms with E-state index in [2.05, 4.69) is 10.1 Å². The number of hydrogen-bond acceptors (Lipinski definition) is 5. The minimum absolute atomic E-state index is 0.178. The standard InChI is InChI=1S/C9H8N4O2/c10-8-7-9(15-5-14-7)13(12-8)6-2-1-3-11-4-6/h1-4H,5H2,(H2,10,12). The molecule has 0 spiro atoms. The van der Waals surface area contributed by atoms with Crippen molar-refractivity contribution < 1.29 is 9.47 Å². The Morgan fingerprint density at radius 3 is 3.13 bits per heavy atom. The van der Waals surface area contributed by atoms with Crippen LogP contribution in [0.2, 0.25) is 0 Å². The Hall–Kier alpha value is -2.24. The average Bonchev–Trinajstić information content (AvgIpc) is 2.84. The Labute approximate surface area is 85.2 Å². The fraction of sp³-hybridized carbons (Fsp3) is 0.111. The van der Waals surface area contributed by atoms with Gasteiger partial charge in [0.2, 0.25) is 12.5 Å². The SMILES string of the molecule is Nc1nn(-c2cccnc2)c2c1OCO2. The summed E-state index contributed by atoms with van der Waals surface area (Å²) >= 11 is 0. The van der Waals surface area contributed by atoms with Crippen LogP contribution in [0.3, 0.4) is 0 Å². The topological polar surface area (TPSA) is 75.2 Å². The van der Waals surface area contributed by atoms with E-state index >= 15 is 0 Å².